The van der Waals surface area contributed by atoms with Crippen molar-refractivity contribution < 1.29 is 9.90 Å². The molecule has 1 atom stereocenters. The van der Waals surface area contributed by atoms with Gasteiger partial charge in [-0.25, -0.2) is 0 Å². The smallest absolute Gasteiger partial charge is 0.274 e. The Bertz CT molecular complexity index is 499. The highest BCUT2D eigenvalue weighted by molar-refractivity contribution is 5.92. The molecule has 2 heterocycles. The molecule has 0 radical (unpaired) electrons. The number of rotatable bonds is 1. The monoisotopic (exact) mass is 263 g/mol. The van der Waals surface area contributed by atoms with Gasteiger partial charge in [0, 0.05) is 24.2 Å². The summed E-state index contributed by atoms with van der Waals surface area (Å²) in [6.45, 7) is 5.27. The second-order valence-corrected chi connectivity index (χ2v) is 6.28. The molecule has 5 heteroatoms. The summed E-state index contributed by atoms with van der Waals surface area (Å²) in [5, 5.41) is 17.1. The predicted molar refractivity (Wildman–Crippen MR) is 70.8 cm³/mol. The van der Waals surface area contributed by atoms with Gasteiger partial charge < -0.3 is 10.0 Å². The van der Waals surface area contributed by atoms with Gasteiger partial charge in [0.15, 0.2) is 0 Å². The number of H-pyrrole nitrogens is 1. The summed E-state index contributed by atoms with van der Waals surface area (Å²) in [5.41, 5.74) is 0.906. The van der Waals surface area contributed by atoms with Gasteiger partial charge >= 0.3 is 0 Å². The summed E-state index contributed by atoms with van der Waals surface area (Å²) in [5.74, 6) is -0.00170. The lowest BCUT2D eigenvalue weighted by molar-refractivity contribution is -0.174. The van der Waals surface area contributed by atoms with Gasteiger partial charge in [-0.2, -0.15) is 5.10 Å². The molecular formula is C14H21N3O2. The average Bonchev–Trinajstić information content (AvgIpc) is 2.83. The third-order valence-electron chi connectivity index (χ3n) is 5.17. The summed E-state index contributed by atoms with van der Waals surface area (Å²) >= 11 is 0. The second-order valence-electron chi connectivity index (χ2n) is 6.28. The maximum absolute atomic E-state index is 12.3. The van der Waals surface area contributed by atoms with Crippen LogP contribution in [0.5, 0.6) is 0 Å². The Morgan fingerprint density at radius 2 is 2.05 bits per heavy atom. The summed E-state index contributed by atoms with van der Waals surface area (Å²) in [7, 11) is 0. The van der Waals surface area contributed by atoms with Crippen molar-refractivity contribution in [3.8, 4) is 0 Å². The first-order chi connectivity index (χ1) is 8.94. The minimum atomic E-state index is -0.537. The van der Waals surface area contributed by atoms with Crippen LogP contribution in [0.1, 0.15) is 48.8 Å². The van der Waals surface area contributed by atoms with E-state index in [0.717, 1.165) is 44.5 Å². The summed E-state index contributed by atoms with van der Waals surface area (Å²) in [4.78, 5) is 14.1. The molecule has 1 unspecified atom stereocenters. The topological polar surface area (TPSA) is 69.2 Å². The predicted octanol–water partition coefficient (Wildman–Crippen LogP) is 1.49. The van der Waals surface area contributed by atoms with Gasteiger partial charge in [-0.1, -0.05) is 0 Å². The Morgan fingerprint density at radius 1 is 1.37 bits per heavy atom. The quantitative estimate of drug-likeness (QED) is 0.806. The number of amides is 1. The third-order valence-corrected chi connectivity index (χ3v) is 5.17. The zero-order valence-corrected chi connectivity index (χ0v) is 11.6. The molecule has 2 N–H and O–H groups in total. The molecule has 1 amide bonds. The number of carbonyl (C=O) groups excluding carboxylic acids is 1. The molecule has 2 aliphatic rings. The number of carbonyl (C=O) groups is 1. The van der Waals surface area contributed by atoms with Crippen molar-refractivity contribution in [3.63, 3.8) is 0 Å². The Balaban J connectivity index is 1.66. The van der Waals surface area contributed by atoms with Gasteiger partial charge in [-0.3, -0.25) is 9.89 Å². The van der Waals surface area contributed by atoms with Crippen LogP contribution in [0.2, 0.25) is 0 Å². The van der Waals surface area contributed by atoms with Crippen LogP contribution in [0.15, 0.2) is 6.07 Å². The molecular weight excluding hydrogens is 242 g/mol. The van der Waals surface area contributed by atoms with Gasteiger partial charge in [0.2, 0.25) is 0 Å². The largest absolute Gasteiger partial charge is 0.390 e. The van der Waals surface area contributed by atoms with E-state index in [2.05, 4.69) is 10.2 Å². The molecule has 1 aromatic heterocycles. The molecule has 1 aromatic rings. The average molecular weight is 263 g/mol. The molecule has 1 spiro atoms. The first kappa shape index (κ1) is 12.7. The number of aromatic nitrogens is 2. The lowest BCUT2D eigenvalue weighted by Crippen LogP contribution is -2.60. The number of nitrogens with one attached hydrogen (secondary N) is 1. The fourth-order valence-corrected chi connectivity index (χ4v) is 3.46. The van der Waals surface area contributed by atoms with Crippen molar-refractivity contribution in [2.24, 2.45) is 5.41 Å². The van der Waals surface area contributed by atoms with E-state index >= 15 is 0 Å². The van der Waals surface area contributed by atoms with Crippen LogP contribution >= 0.6 is 0 Å². The number of piperidine rings is 1. The van der Waals surface area contributed by atoms with Crippen LogP contribution in [0.3, 0.4) is 0 Å². The van der Waals surface area contributed by atoms with Crippen LogP contribution in [0.4, 0.5) is 0 Å². The third kappa shape index (κ3) is 1.87. The van der Waals surface area contributed by atoms with Gasteiger partial charge in [0.1, 0.15) is 5.69 Å². The highest BCUT2D eigenvalue weighted by Crippen LogP contribution is 2.56. The number of aromatic amines is 1. The van der Waals surface area contributed by atoms with E-state index in [4.69, 9.17) is 0 Å². The molecule has 104 valence electrons. The number of aryl methyl sites for hydroxylation is 1. The standard InChI is InChI=1S/C14H21N3O2/c1-10-9-11(16-15-10)12(18)17-7-5-14(6-8-17)4-3-13(14,2)19/h9,19H,3-8H2,1-2H3,(H,15,16). The summed E-state index contributed by atoms with van der Waals surface area (Å²) < 4.78 is 0. The Labute approximate surface area is 113 Å². The zero-order chi connectivity index (χ0) is 13.7. The number of nitrogens with zero attached hydrogens (tertiary/aromatic N) is 2. The van der Waals surface area contributed by atoms with E-state index in [1.165, 1.54) is 0 Å². The highest BCUT2D eigenvalue weighted by atomic mass is 16.3. The molecule has 1 saturated carbocycles. The number of likely N-dealkylation sites (tertiary alicyclic amines) is 1. The van der Waals surface area contributed by atoms with Gasteiger partial charge in [-0.15, -0.1) is 0 Å². The zero-order valence-electron chi connectivity index (χ0n) is 11.6. The highest BCUT2D eigenvalue weighted by Gasteiger charge is 2.55. The molecule has 0 aromatic carbocycles. The molecule has 1 aliphatic carbocycles. The van der Waals surface area contributed by atoms with Crippen LogP contribution < -0.4 is 0 Å². The molecule has 19 heavy (non-hydrogen) atoms. The van der Waals surface area contributed by atoms with Crippen molar-refractivity contribution >= 4 is 5.91 Å². The van der Waals surface area contributed by atoms with E-state index in [0.29, 0.717) is 5.69 Å². The normalized spacial score (nSPS) is 29.3. The van der Waals surface area contributed by atoms with Crippen molar-refractivity contribution in [3.05, 3.63) is 17.5 Å². The summed E-state index contributed by atoms with van der Waals surface area (Å²) in [6, 6.07) is 1.78. The van der Waals surface area contributed by atoms with E-state index in [1.807, 2.05) is 18.7 Å². The minimum absolute atomic E-state index is 0.00170. The fourth-order valence-electron chi connectivity index (χ4n) is 3.46. The van der Waals surface area contributed by atoms with Crippen LogP contribution in [0.25, 0.3) is 0 Å². The number of hydrogen-bond donors (Lipinski definition) is 2. The molecule has 1 saturated heterocycles. The minimum Gasteiger partial charge on any atom is -0.390 e. The van der Waals surface area contributed by atoms with Crippen molar-refractivity contribution in [2.45, 2.75) is 45.1 Å². The molecule has 0 bridgehead atoms. The lowest BCUT2D eigenvalue weighted by Gasteiger charge is -2.58. The number of hydrogen-bond acceptors (Lipinski definition) is 3. The molecule has 2 fully saturated rings. The van der Waals surface area contributed by atoms with Crippen molar-refractivity contribution in [2.75, 3.05) is 13.1 Å². The summed E-state index contributed by atoms with van der Waals surface area (Å²) in [6.07, 6.45) is 3.77. The van der Waals surface area contributed by atoms with Crippen molar-refractivity contribution in [1.29, 1.82) is 0 Å². The Kier molecular flexibility index (Phi) is 2.71. The van der Waals surface area contributed by atoms with Gasteiger partial charge in [-0.05, 0) is 45.6 Å². The van der Waals surface area contributed by atoms with E-state index in [1.54, 1.807) is 6.07 Å². The first-order valence-corrected chi connectivity index (χ1v) is 6.97. The SMILES string of the molecule is Cc1cc(C(=O)N2CCC3(CC2)CCC3(C)O)n[nH]1. The lowest BCUT2D eigenvalue weighted by atomic mass is 9.53. The van der Waals surface area contributed by atoms with Crippen molar-refractivity contribution in [1.82, 2.24) is 15.1 Å². The Hall–Kier alpha value is -1.36. The van der Waals surface area contributed by atoms with Crippen LogP contribution in [-0.2, 0) is 0 Å². The fraction of sp³-hybridized carbons (Fsp3) is 0.714. The van der Waals surface area contributed by atoms with E-state index in [9.17, 15) is 9.90 Å². The first-order valence-electron chi connectivity index (χ1n) is 6.97. The van der Waals surface area contributed by atoms with Crippen LogP contribution in [0, 0.1) is 12.3 Å². The molecule has 1 aliphatic heterocycles. The second kappa shape index (κ2) is 4.07. The Morgan fingerprint density at radius 3 is 2.47 bits per heavy atom. The maximum atomic E-state index is 12.3. The molecule has 5 nitrogen and oxygen atoms in total. The van der Waals surface area contributed by atoms with E-state index in [-0.39, 0.29) is 11.3 Å². The van der Waals surface area contributed by atoms with Gasteiger partial charge in [0.05, 0.1) is 5.60 Å². The van der Waals surface area contributed by atoms with E-state index < -0.39 is 5.60 Å². The number of aliphatic hydroxyl groups is 1. The molecule has 3 rings (SSSR count). The van der Waals surface area contributed by atoms with Gasteiger partial charge in [0.25, 0.3) is 5.91 Å². The van der Waals surface area contributed by atoms with Crippen LogP contribution in [-0.4, -0.2) is 44.8 Å². The maximum Gasteiger partial charge on any atom is 0.274 e.